The molecule has 1 aliphatic rings. The van der Waals surface area contributed by atoms with Crippen LogP contribution in [0.4, 0.5) is 13.2 Å². The van der Waals surface area contributed by atoms with Crippen LogP contribution in [0.2, 0.25) is 0 Å². The molecule has 0 amide bonds. The molecule has 0 atom stereocenters. The lowest BCUT2D eigenvalue weighted by Gasteiger charge is -2.38. The van der Waals surface area contributed by atoms with Gasteiger partial charge < -0.3 is 30.3 Å². The van der Waals surface area contributed by atoms with Crippen molar-refractivity contribution in [1.82, 2.24) is 14.9 Å². The Morgan fingerprint density at radius 3 is 2.11 bits per heavy atom. The molecule has 28 heavy (non-hydrogen) atoms. The van der Waals surface area contributed by atoms with Crippen LogP contribution < -0.4 is 5.32 Å². The summed E-state index contributed by atoms with van der Waals surface area (Å²) in [6.07, 6.45) is -4.65. The lowest BCUT2D eigenvalue weighted by Crippen LogP contribution is -2.64. The standard InChI is InChI=1S/C15H15BF3N3O6/c1-20-6-8-2-4-9(5-3-8)11-21-10(12(17,18)19)7-22(11)13(16)14(23,24)27-28-15(13,25)26/h2-5,7,20,23-26H,6H2,1H3. The molecule has 0 spiro atoms. The molecule has 2 aromatic rings. The zero-order chi connectivity index (χ0) is 21.0. The number of aliphatic hydroxyl groups is 4. The lowest BCUT2D eigenvalue weighted by molar-refractivity contribution is -0.497. The number of hydrogen-bond acceptors (Lipinski definition) is 8. The van der Waals surface area contributed by atoms with E-state index in [9.17, 15) is 33.6 Å². The molecule has 150 valence electrons. The van der Waals surface area contributed by atoms with Crippen LogP contribution in [0, 0.1) is 0 Å². The fourth-order valence-electron chi connectivity index (χ4n) is 2.73. The predicted molar refractivity (Wildman–Crippen MR) is 85.7 cm³/mol. The Morgan fingerprint density at radius 1 is 1.11 bits per heavy atom. The molecule has 1 aromatic heterocycles. The number of rotatable bonds is 4. The first-order valence-electron chi connectivity index (χ1n) is 7.79. The zero-order valence-corrected chi connectivity index (χ0v) is 14.3. The number of nitrogens with zero attached hydrogens (tertiary/aromatic N) is 2. The van der Waals surface area contributed by atoms with E-state index in [-0.39, 0.29) is 11.8 Å². The highest BCUT2D eigenvalue weighted by Gasteiger charge is 2.71. The van der Waals surface area contributed by atoms with Gasteiger partial charge in [0.1, 0.15) is 13.7 Å². The second kappa shape index (κ2) is 6.52. The van der Waals surface area contributed by atoms with Crippen molar-refractivity contribution in [2.75, 3.05) is 7.05 Å². The maximum absolute atomic E-state index is 13.2. The largest absolute Gasteiger partial charge is 0.434 e. The van der Waals surface area contributed by atoms with E-state index in [0.29, 0.717) is 11.1 Å². The van der Waals surface area contributed by atoms with E-state index in [1.54, 1.807) is 19.2 Å². The summed E-state index contributed by atoms with van der Waals surface area (Å²) in [7, 11) is 7.41. The second-order valence-electron chi connectivity index (χ2n) is 6.19. The maximum Gasteiger partial charge on any atom is 0.434 e. The van der Waals surface area contributed by atoms with Crippen molar-refractivity contribution in [1.29, 1.82) is 0 Å². The molecule has 0 saturated carbocycles. The number of imidazole rings is 1. The van der Waals surface area contributed by atoms with Crippen molar-refractivity contribution in [2.45, 2.75) is 30.1 Å². The summed E-state index contributed by atoms with van der Waals surface area (Å²) in [6, 6.07) is 5.97. The van der Waals surface area contributed by atoms with Gasteiger partial charge >= 0.3 is 18.1 Å². The Labute approximate surface area is 157 Å². The van der Waals surface area contributed by atoms with E-state index >= 15 is 0 Å². The summed E-state index contributed by atoms with van der Waals surface area (Å²) >= 11 is 0. The smallest absolute Gasteiger partial charge is 0.340 e. The van der Waals surface area contributed by atoms with Gasteiger partial charge in [-0.3, -0.25) is 0 Å². The van der Waals surface area contributed by atoms with Gasteiger partial charge in [-0.05, 0) is 12.6 Å². The van der Waals surface area contributed by atoms with E-state index in [0.717, 1.165) is 5.56 Å². The Hall–Kier alpha value is -2.00. The fraction of sp³-hybridized carbons (Fsp3) is 0.400. The van der Waals surface area contributed by atoms with Crippen molar-refractivity contribution in [3.8, 4) is 11.4 Å². The normalized spacial score (nSPS) is 20.4. The number of aromatic nitrogens is 2. The van der Waals surface area contributed by atoms with Crippen molar-refractivity contribution in [2.24, 2.45) is 0 Å². The zero-order valence-electron chi connectivity index (χ0n) is 14.3. The molecular formula is C15H15BF3N3O6. The summed E-state index contributed by atoms with van der Waals surface area (Å²) < 4.78 is 40.0. The van der Waals surface area contributed by atoms with Crippen LogP contribution in [-0.4, -0.2) is 56.8 Å². The highest BCUT2D eigenvalue weighted by molar-refractivity contribution is 6.15. The second-order valence-corrected chi connectivity index (χ2v) is 6.19. The third kappa shape index (κ3) is 3.10. The minimum Gasteiger partial charge on any atom is -0.340 e. The monoisotopic (exact) mass is 401 g/mol. The van der Waals surface area contributed by atoms with Gasteiger partial charge in [-0.15, -0.1) is 0 Å². The Morgan fingerprint density at radius 2 is 1.64 bits per heavy atom. The van der Waals surface area contributed by atoms with Crippen molar-refractivity contribution in [3.63, 3.8) is 0 Å². The summed E-state index contributed by atoms with van der Waals surface area (Å²) in [6.45, 7) is 0.484. The quantitative estimate of drug-likeness (QED) is 0.260. The SMILES string of the molecule is [B]C1(n2cc(C(F)(F)F)nc2-c2ccc(CNC)cc2)C(O)(O)OOC1(O)O. The van der Waals surface area contributed by atoms with E-state index in [4.69, 9.17) is 7.85 Å². The molecule has 5 N–H and O–H groups in total. The van der Waals surface area contributed by atoms with Gasteiger partial charge in [-0.1, -0.05) is 24.3 Å². The van der Waals surface area contributed by atoms with Gasteiger partial charge in [0, 0.05) is 18.3 Å². The van der Waals surface area contributed by atoms with Crippen LogP contribution in [0.5, 0.6) is 0 Å². The number of alkyl halides is 3. The maximum atomic E-state index is 13.2. The van der Waals surface area contributed by atoms with E-state index < -0.39 is 35.1 Å². The van der Waals surface area contributed by atoms with Crippen molar-refractivity contribution >= 4 is 7.85 Å². The Balaban J connectivity index is 2.22. The first-order valence-corrected chi connectivity index (χ1v) is 7.79. The van der Waals surface area contributed by atoms with Gasteiger partial charge in [0.2, 0.25) is 0 Å². The van der Waals surface area contributed by atoms with Gasteiger partial charge in [0.05, 0.1) is 0 Å². The molecule has 3 rings (SSSR count). The molecule has 1 aromatic carbocycles. The summed E-state index contributed by atoms with van der Waals surface area (Å²) in [5.74, 6) is -7.76. The first-order chi connectivity index (χ1) is 12.8. The third-order valence-corrected chi connectivity index (χ3v) is 4.24. The predicted octanol–water partition coefficient (Wildman–Crippen LogP) is -0.652. The van der Waals surface area contributed by atoms with Crippen LogP contribution >= 0.6 is 0 Å². The summed E-state index contributed by atoms with van der Waals surface area (Å²) in [5, 5.41) is 42.6. The average Bonchev–Trinajstić information content (AvgIpc) is 3.11. The minimum atomic E-state index is -4.94. The van der Waals surface area contributed by atoms with Gasteiger partial charge in [0.25, 0.3) is 0 Å². The average molecular weight is 401 g/mol. The molecule has 13 heteroatoms. The van der Waals surface area contributed by atoms with Gasteiger partial charge in [-0.25, -0.2) is 4.98 Å². The molecule has 1 fully saturated rings. The minimum absolute atomic E-state index is 0.0682. The highest BCUT2D eigenvalue weighted by atomic mass is 19.4. The molecule has 9 nitrogen and oxygen atoms in total. The van der Waals surface area contributed by atoms with Crippen LogP contribution in [0.15, 0.2) is 30.5 Å². The molecule has 1 saturated heterocycles. The molecule has 1 aliphatic heterocycles. The third-order valence-electron chi connectivity index (χ3n) is 4.24. The fourth-order valence-corrected chi connectivity index (χ4v) is 2.73. The van der Waals surface area contributed by atoms with Crippen LogP contribution in [0.25, 0.3) is 11.4 Å². The molecule has 0 aliphatic carbocycles. The van der Waals surface area contributed by atoms with E-state index in [1.165, 1.54) is 12.1 Å². The van der Waals surface area contributed by atoms with Gasteiger partial charge in [0.15, 0.2) is 11.1 Å². The molecule has 2 radical (unpaired) electrons. The number of hydrogen-bond donors (Lipinski definition) is 5. The van der Waals surface area contributed by atoms with Crippen LogP contribution in [0.1, 0.15) is 11.3 Å². The molecule has 2 heterocycles. The van der Waals surface area contributed by atoms with E-state index in [2.05, 4.69) is 20.1 Å². The molecular weight excluding hydrogens is 386 g/mol. The van der Waals surface area contributed by atoms with Crippen LogP contribution in [-0.2, 0) is 27.9 Å². The van der Waals surface area contributed by atoms with Gasteiger partial charge in [-0.2, -0.15) is 22.9 Å². The van der Waals surface area contributed by atoms with Crippen LogP contribution in [0.3, 0.4) is 0 Å². The Kier molecular flexibility index (Phi) is 4.83. The lowest BCUT2D eigenvalue weighted by atomic mass is 9.72. The van der Waals surface area contributed by atoms with Crippen molar-refractivity contribution in [3.05, 3.63) is 41.7 Å². The molecule has 0 bridgehead atoms. The Bertz CT molecular complexity index is 853. The molecule has 0 unspecified atom stereocenters. The topological polar surface area (TPSA) is 129 Å². The first kappa shape index (κ1) is 20.7. The highest BCUT2D eigenvalue weighted by Crippen LogP contribution is 2.46. The summed E-state index contributed by atoms with van der Waals surface area (Å²) in [5.41, 5.74) is -3.83. The van der Waals surface area contributed by atoms with Crippen molar-refractivity contribution < 1.29 is 43.4 Å². The van der Waals surface area contributed by atoms with E-state index in [1.807, 2.05) is 0 Å². The number of benzene rings is 1. The summed E-state index contributed by atoms with van der Waals surface area (Å²) in [4.78, 5) is 11.5. The number of halogens is 3. The number of nitrogens with one attached hydrogen (secondary N) is 1.